The molecule has 8 nitrogen and oxygen atoms in total. The van der Waals surface area contributed by atoms with Gasteiger partial charge in [0.25, 0.3) is 5.91 Å². The maximum atomic E-state index is 12.5. The number of carbonyl (C=O) groups is 1. The summed E-state index contributed by atoms with van der Waals surface area (Å²) in [6.07, 6.45) is 4.58. The van der Waals surface area contributed by atoms with Crippen LogP contribution < -0.4 is 16.4 Å². The van der Waals surface area contributed by atoms with E-state index in [2.05, 4.69) is 28.8 Å². The van der Waals surface area contributed by atoms with E-state index in [1.165, 1.54) is 35.2 Å². The lowest BCUT2D eigenvalue weighted by atomic mass is 9.92. The normalized spacial score (nSPS) is 12.8. The van der Waals surface area contributed by atoms with Crippen LogP contribution in [-0.2, 0) is 22.3 Å². The number of nitrogens with zero attached hydrogens (tertiary/aromatic N) is 2. The molecule has 1 aliphatic rings. The van der Waals surface area contributed by atoms with Crippen LogP contribution in [0.4, 0.5) is 17.1 Å². The predicted molar refractivity (Wildman–Crippen MR) is 155 cm³/mol. The summed E-state index contributed by atoms with van der Waals surface area (Å²) >= 11 is 0. The minimum Gasteiger partial charge on any atom is -0.397 e. The first kappa shape index (κ1) is 27.7. The highest BCUT2D eigenvalue weighted by molar-refractivity contribution is 5.96. The lowest BCUT2D eigenvalue weighted by molar-refractivity contribution is 0.0557. The van der Waals surface area contributed by atoms with Gasteiger partial charge in [-0.3, -0.25) is 9.78 Å². The number of hydrogen-bond donors (Lipinski definition) is 3. The van der Waals surface area contributed by atoms with E-state index < -0.39 is 0 Å². The van der Waals surface area contributed by atoms with E-state index in [1.54, 1.807) is 11.0 Å². The zero-order chi connectivity index (χ0) is 26.7. The Morgan fingerprint density at radius 2 is 1.66 bits per heavy atom. The number of nitrogens with one attached hydrogen (secondary N) is 2. The number of benzene rings is 2. The summed E-state index contributed by atoms with van der Waals surface area (Å²) in [6.45, 7) is 8.88. The number of aryl methyl sites for hydroxylation is 1. The Morgan fingerprint density at radius 1 is 0.947 bits per heavy atom. The molecule has 4 rings (SSSR count). The van der Waals surface area contributed by atoms with Gasteiger partial charge in [0.2, 0.25) is 0 Å². The molecule has 8 heteroatoms. The second-order valence-electron chi connectivity index (χ2n) is 9.49. The van der Waals surface area contributed by atoms with Gasteiger partial charge in [-0.15, -0.1) is 0 Å². The molecule has 1 aliphatic carbocycles. The summed E-state index contributed by atoms with van der Waals surface area (Å²) in [7, 11) is 0. The number of para-hydroxylation sites is 1. The van der Waals surface area contributed by atoms with Crippen LogP contribution in [0.25, 0.3) is 10.9 Å². The number of rotatable bonds is 14. The minimum atomic E-state index is 0.000251. The zero-order valence-corrected chi connectivity index (χ0v) is 22.7. The van der Waals surface area contributed by atoms with Crippen LogP contribution in [0, 0.1) is 0 Å². The summed E-state index contributed by atoms with van der Waals surface area (Å²) in [5, 5.41) is 8.09. The topological polar surface area (TPSA) is 102 Å². The molecule has 0 unspecified atom stereocenters. The molecule has 0 spiro atoms. The molecular weight excluding hydrogens is 478 g/mol. The number of nitrogens with two attached hydrogens (primary N) is 1. The van der Waals surface area contributed by atoms with E-state index in [-0.39, 0.29) is 5.91 Å². The summed E-state index contributed by atoms with van der Waals surface area (Å²) in [4.78, 5) is 19.2. The molecule has 4 N–H and O–H groups in total. The van der Waals surface area contributed by atoms with Crippen LogP contribution in [0.5, 0.6) is 0 Å². The van der Waals surface area contributed by atoms with Crippen molar-refractivity contribution in [3.63, 3.8) is 0 Å². The molecule has 1 amide bonds. The van der Waals surface area contributed by atoms with Gasteiger partial charge in [0.15, 0.2) is 0 Å². The predicted octanol–water partition coefficient (Wildman–Crippen LogP) is 4.74. The van der Waals surface area contributed by atoms with E-state index in [0.717, 1.165) is 30.6 Å². The average molecular weight is 520 g/mol. The van der Waals surface area contributed by atoms with Crippen LogP contribution >= 0.6 is 0 Å². The summed E-state index contributed by atoms with van der Waals surface area (Å²) in [5.74, 6) is 0.000251. The van der Waals surface area contributed by atoms with Crippen molar-refractivity contribution in [1.29, 1.82) is 0 Å². The molecule has 0 atom stereocenters. The Hall–Kier alpha value is -3.36. The summed E-state index contributed by atoms with van der Waals surface area (Å²) in [6, 6.07) is 13.8. The number of carbonyl (C=O) groups excluding carboxylic acids is 1. The van der Waals surface area contributed by atoms with Crippen molar-refractivity contribution in [2.45, 2.75) is 39.5 Å². The second kappa shape index (κ2) is 14.0. The fourth-order valence-electron chi connectivity index (χ4n) is 4.95. The van der Waals surface area contributed by atoms with E-state index in [0.29, 0.717) is 57.3 Å². The molecule has 0 saturated carbocycles. The Labute approximate surface area is 225 Å². The molecule has 1 aromatic heterocycles. The minimum absolute atomic E-state index is 0.000251. The SMILES string of the molecule is CCN(CC)C(=O)c1ccc(NCCOCCOCCNc2c3c(nc4ccccc24)CCCC3)c(N)c1. The zero-order valence-electron chi connectivity index (χ0n) is 22.7. The number of hydrogen-bond acceptors (Lipinski definition) is 7. The molecule has 0 aliphatic heterocycles. The van der Waals surface area contributed by atoms with Crippen molar-refractivity contribution in [3.8, 4) is 0 Å². The largest absolute Gasteiger partial charge is 0.397 e. The van der Waals surface area contributed by atoms with Crippen LogP contribution in [0.3, 0.4) is 0 Å². The van der Waals surface area contributed by atoms with Gasteiger partial charge >= 0.3 is 0 Å². The molecule has 0 saturated heterocycles. The number of aromatic nitrogens is 1. The molecule has 0 fully saturated rings. The quantitative estimate of drug-likeness (QED) is 0.209. The lowest BCUT2D eigenvalue weighted by Crippen LogP contribution is -2.30. The van der Waals surface area contributed by atoms with Gasteiger partial charge in [0, 0.05) is 48.5 Å². The van der Waals surface area contributed by atoms with Crippen LogP contribution in [0.1, 0.15) is 48.3 Å². The van der Waals surface area contributed by atoms with Crippen molar-refractivity contribution in [2.24, 2.45) is 0 Å². The smallest absolute Gasteiger partial charge is 0.253 e. The van der Waals surface area contributed by atoms with E-state index in [9.17, 15) is 4.79 Å². The first-order valence-electron chi connectivity index (χ1n) is 13.8. The second-order valence-corrected chi connectivity index (χ2v) is 9.49. The van der Waals surface area contributed by atoms with Gasteiger partial charge < -0.3 is 30.7 Å². The molecule has 38 heavy (non-hydrogen) atoms. The van der Waals surface area contributed by atoms with Crippen molar-refractivity contribution in [2.75, 3.05) is 69.0 Å². The number of amides is 1. The monoisotopic (exact) mass is 519 g/mol. The summed E-state index contributed by atoms with van der Waals surface area (Å²) < 4.78 is 11.5. The lowest BCUT2D eigenvalue weighted by Gasteiger charge is -2.21. The third-order valence-electron chi connectivity index (χ3n) is 7.00. The number of anilines is 3. The first-order chi connectivity index (χ1) is 18.6. The van der Waals surface area contributed by atoms with E-state index in [4.69, 9.17) is 20.2 Å². The van der Waals surface area contributed by atoms with E-state index >= 15 is 0 Å². The Balaban J connectivity index is 1.13. The molecule has 204 valence electrons. The highest BCUT2D eigenvalue weighted by Crippen LogP contribution is 2.33. The van der Waals surface area contributed by atoms with Crippen molar-refractivity contribution in [3.05, 3.63) is 59.3 Å². The highest BCUT2D eigenvalue weighted by atomic mass is 16.5. The van der Waals surface area contributed by atoms with Gasteiger partial charge in [0.1, 0.15) is 0 Å². The maximum Gasteiger partial charge on any atom is 0.253 e. The standard InChI is InChI=1S/C30H41N5O3/c1-3-35(4-2)30(36)22-13-14-28(25(31)21-22)32-15-17-37-19-20-38-18-16-33-29-23-9-5-7-11-26(23)34-27-12-8-6-10-24(27)29/h5,7,9,11,13-14,21,32H,3-4,6,8,10,12,15-20,31H2,1-2H3,(H,33,34). The first-order valence-corrected chi connectivity index (χ1v) is 13.8. The number of fused-ring (bicyclic) bond motifs is 2. The molecule has 0 bridgehead atoms. The van der Waals surface area contributed by atoms with Gasteiger partial charge in [0.05, 0.1) is 43.3 Å². The van der Waals surface area contributed by atoms with E-state index in [1.807, 2.05) is 32.0 Å². The number of pyridine rings is 1. The molecule has 1 heterocycles. The average Bonchev–Trinajstić information content (AvgIpc) is 2.94. The fraction of sp³-hybridized carbons (Fsp3) is 0.467. The molecule has 2 aromatic carbocycles. The maximum absolute atomic E-state index is 12.5. The highest BCUT2D eigenvalue weighted by Gasteiger charge is 2.18. The van der Waals surface area contributed by atoms with Crippen molar-refractivity contribution < 1.29 is 14.3 Å². The van der Waals surface area contributed by atoms with Gasteiger partial charge in [-0.2, -0.15) is 0 Å². The molecule has 0 radical (unpaired) electrons. The van der Waals surface area contributed by atoms with Gasteiger partial charge in [-0.05, 0) is 69.4 Å². The van der Waals surface area contributed by atoms with Gasteiger partial charge in [-0.1, -0.05) is 18.2 Å². The third-order valence-corrected chi connectivity index (χ3v) is 7.00. The van der Waals surface area contributed by atoms with Crippen LogP contribution in [0.2, 0.25) is 0 Å². The van der Waals surface area contributed by atoms with Crippen LogP contribution in [-0.4, -0.2) is 68.4 Å². The Kier molecular flexibility index (Phi) is 10.2. The fourth-order valence-corrected chi connectivity index (χ4v) is 4.95. The Morgan fingerprint density at radius 3 is 2.39 bits per heavy atom. The van der Waals surface area contributed by atoms with Crippen LogP contribution in [0.15, 0.2) is 42.5 Å². The molecule has 3 aromatic rings. The summed E-state index contributed by atoms with van der Waals surface area (Å²) in [5.41, 5.74) is 13.0. The number of nitrogen functional groups attached to an aromatic ring is 1. The molecular formula is C30H41N5O3. The third kappa shape index (κ3) is 6.94. The number of ether oxygens (including phenoxy) is 2. The van der Waals surface area contributed by atoms with Gasteiger partial charge in [-0.25, -0.2) is 0 Å². The Bertz CT molecular complexity index is 1210. The van der Waals surface area contributed by atoms with Crippen molar-refractivity contribution >= 4 is 33.9 Å². The van der Waals surface area contributed by atoms with Crippen molar-refractivity contribution in [1.82, 2.24) is 9.88 Å².